The Labute approximate surface area is 144 Å². The third-order valence-electron chi connectivity index (χ3n) is 4.86. The Bertz CT molecular complexity index is 915. The zero-order valence-corrected chi connectivity index (χ0v) is 13.9. The summed E-state index contributed by atoms with van der Waals surface area (Å²) < 4.78 is 13.1. The topological polar surface area (TPSA) is 78.3 Å². The number of fused-ring (bicyclic) bond motifs is 2. The number of allylic oxidation sites excluding steroid dienone is 2. The number of aromatic nitrogens is 3. The first kappa shape index (κ1) is 14.5. The average molecular weight is 338 g/mol. The normalized spacial score (nSPS) is 21.5. The number of carbonyl (C=O) groups is 1. The van der Waals surface area contributed by atoms with Crippen molar-refractivity contribution in [2.24, 2.45) is 0 Å². The second-order valence-corrected chi connectivity index (χ2v) is 6.53. The van der Waals surface area contributed by atoms with Crippen LogP contribution >= 0.6 is 0 Å². The van der Waals surface area contributed by atoms with Gasteiger partial charge in [-0.25, -0.2) is 4.68 Å². The number of nitrogens with one attached hydrogen (secondary N) is 1. The van der Waals surface area contributed by atoms with E-state index in [4.69, 9.17) is 9.47 Å². The van der Waals surface area contributed by atoms with Crippen molar-refractivity contribution in [3.8, 4) is 11.5 Å². The van der Waals surface area contributed by atoms with Crippen LogP contribution in [0.5, 0.6) is 11.5 Å². The summed E-state index contributed by atoms with van der Waals surface area (Å²) >= 11 is 0. The molecule has 1 aliphatic carbocycles. The van der Waals surface area contributed by atoms with Crippen molar-refractivity contribution < 1.29 is 14.3 Å². The SMILES string of the molecule is Cc1nc2n(n1)[C@H](c1ccc3c(c1)OCCO3)C1=C(CCCC1=O)N2. The van der Waals surface area contributed by atoms with Crippen LogP contribution in [-0.2, 0) is 4.79 Å². The van der Waals surface area contributed by atoms with Gasteiger partial charge in [0.15, 0.2) is 17.3 Å². The summed E-state index contributed by atoms with van der Waals surface area (Å²) in [5.74, 6) is 2.99. The fourth-order valence-corrected chi connectivity index (χ4v) is 3.80. The number of aryl methyl sites for hydroxylation is 1. The van der Waals surface area contributed by atoms with Crippen LogP contribution in [0.25, 0.3) is 0 Å². The van der Waals surface area contributed by atoms with Crippen molar-refractivity contribution in [2.45, 2.75) is 32.2 Å². The number of rotatable bonds is 1. The minimum Gasteiger partial charge on any atom is -0.486 e. The molecular weight excluding hydrogens is 320 g/mol. The number of carbonyl (C=O) groups excluding carboxylic acids is 1. The molecule has 7 heteroatoms. The first-order valence-corrected chi connectivity index (χ1v) is 8.56. The van der Waals surface area contributed by atoms with Gasteiger partial charge in [0.2, 0.25) is 5.95 Å². The molecule has 0 amide bonds. The molecule has 2 aliphatic heterocycles. The second-order valence-electron chi connectivity index (χ2n) is 6.53. The molecule has 1 atom stereocenters. The highest BCUT2D eigenvalue weighted by atomic mass is 16.6. The monoisotopic (exact) mass is 338 g/mol. The fourth-order valence-electron chi connectivity index (χ4n) is 3.80. The Balaban J connectivity index is 1.69. The second kappa shape index (κ2) is 5.34. The maximum Gasteiger partial charge on any atom is 0.226 e. The fraction of sp³-hybridized carbons (Fsp3) is 0.389. The summed E-state index contributed by atoms with van der Waals surface area (Å²) in [7, 11) is 0. The van der Waals surface area contributed by atoms with E-state index in [1.54, 1.807) is 0 Å². The Kier molecular flexibility index (Phi) is 3.10. The first-order valence-electron chi connectivity index (χ1n) is 8.56. The summed E-state index contributed by atoms with van der Waals surface area (Å²) in [6, 6.07) is 5.56. The van der Waals surface area contributed by atoms with E-state index in [9.17, 15) is 4.79 Å². The van der Waals surface area contributed by atoms with E-state index in [1.807, 2.05) is 29.8 Å². The van der Waals surface area contributed by atoms with E-state index >= 15 is 0 Å². The van der Waals surface area contributed by atoms with E-state index in [0.29, 0.717) is 37.2 Å². The van der Waals surface area contributed by atoms with Gasteiger partial charge in [-0.1, -0.05) is 6.07 Å². The van der Waals surface area contributed by atoms with Crippen molar-refractivity contribution in [1.82, 2.24) is 14.8 Å². The summed E-state index contributed by atoms with van der Waals surface area (Å²) in [5, 5.41) is 7.84. The number of Topliss-reactive ketones (excluding diaryl/α,β-unsaturated/α-hetero) is 1. The Morgan fingerprint density at radius 3 is 2.92 bits per heavy atom. The zero-order chi connectivity index (χ0) is 17.0. The van der Waals surface area contributed by atoms with E-state index in [2.05, 4.69) is 15.4 Å². The zero-order valence-electron chi connectivity index (χ0n) is 13.9. The van der Waals surface area contributed by atoms with Crippen LogP contribution in [0.1, 0.15) is 36.7 Å². The minimum absolute atomic E-state index is 0.174. The molecule has 2 aromatic rings. The summed E-state index contributed by atoms with van der Waals surface area (Å²) in [6.45, 7) is 2.94. The van der Waals surface area contributed by atoms with Crippen LogP contribution in [-0.4, -0.2) is 33.8 Å². The van der Waals surface area contributed by atoms with Crippen molar-refractivity contribution in [3.05, 3.63) is 40.9 Å². The van der Waals surface area contributed by atoms with Crippen LogP contribution in [0.2, 0.25) is 0 Å². The molecular formula is C18H18N4O3. The van der Waals surface area contributed by atoms with Crippen LogP contribution in [0, 0.1) is 6.92 Å². The molecule has 0 saturated heterocycles. The van der Waals surface area contributed by atoms with Gasteiger partial charge in [-0.05, 0) is 37.5 Å². The third-order valence-corrected chi connectivity index (χ3v) is 4.86. The third kappa shape index (κ3) is 2.22. The van der Waals surface area contributed by atoms with Crippen LogP contribution < -0.4 is 14.8 Å². The van der Waals surface area contributed by atoms with E-state index in [1.165, 1.54) is 0 Å². The number of benzene rings is 1. The van der Waals surface area contributed by atoms with E-state index in [0.717, 1.165) is 35.4 Å². The molecule has 0 bridgehead atoms. The Morgan fingerprint density at radius 2 is 2.04 bits per heavy atom. The highest BCUT2D eigenvalue weighted by molar-refractivity contribution is 5.99. The molecule has 7 nitrogen and oxygen atoms in total. The molecule has 1 N–H and O–H groups in total. The van der Waals surface area contributed by atoms with Crippen LogP contribution in [0.3, 0.4) is 0 Å². The molecule has 5 rings (SSSR count). The lowest BCUT2D eigenvalue weighted by molar-refractivity contribution is -0.116. The molecule has 1 aromatic carbocycles. The molecule has 0 radical (unpaired) electrons. The quantitative estimate of drug-likeness (QED) is 0.860. The lowest BCUT2D eigenvalue weighted by atomic mass is 9.85. The van der Waals surface area contributed by atoms with Gasteiger partial charge in [-0.3, -0.25) is 4.79 Å². The van der Waals surface area contributed by atoms with Gasteiger partial charge in [0.05, 0.1) is 0 Å². The van der Waals surface area contributed by atoms with Crippen molar-refractivity contribution >= 4 is 11.7 Å². The Hall–Kier alpha value is -2.83. The van der Waals surface area contributed by atoms with Gasteiger partial charge < -0.3 is 14.8 Å². The minimum atomic E-state index is -0.281. The predicted octanol–water partition coefficient (Wildman–Crippen LogP) is 2.38. The Morgan fingerprint density at radius 1 is 1.20 bits per heavy atom. The van der Waals surface area contributed by atoms with E-state index < -0.39 is 0 Å². The summed E-state index contributed by atoms with van der Waals surface area (Å²) in [5.41, 5.74) is 2.72. The van der Waals surface area contributed by atoms with Crippen molar-refractivity contribution in [2.75, 3.05) is 18.5 Å². The molecule has 0 saturated carbocycles. The van der Waals surface area contributed by atoms with Gasteiger partial charge in [-0.2, -0.15) is 10.1 Å². The van der Waals surface area contributed by atoms with Crippen molar-refractivity contribution in [1.29, 1.82) is 0 Å². The highest BCUT2D eigenvalue weighted by Crippen LogP contribution is 2.42. The molecule has 0 unspecified atom stereocenters. The number of anilines is 1. The number of hydrogen-bond acceptors (Lipinski definition) is 6. The summed E-state index contributed by atoms with van der Waals surface area (Å²) in [6.07, 6.45) is 2.30. The molecule has 0 fully saturated rings. The number of nitrogens with zero attached hydrogens (tertiary/aromatic N) is 3. The van der Waals surface area contributed by atoms with Crippen LogP contribution in [0.4, 0.5) is 5.95 Å². The lowest BCUT2D eigenvalue weighted by Crippen LogP contribution is -2.31. The van der Waals surface area contributed by atoms with Gasteiger partial charge in [0.1, 0.15) is 25.1 Å². The first-order chi connectivity index (χ1) is 12.2. The number of hydrogen-bond donors (Lipinski definition) is 1. The standard InChI is InChI=1S/C18H18N4O3/c1-10-19-18-20-12-3-2-4-13(23)16(12)17(22(18)21-10)11-5-6-14-15(9-11)25-8-7-24-14/h5-6,9,17H,2-4,7-8H2,1H3,(H,19,20,21)/t17-/m1/s1. The molecule has 128 valence electrons. The molecule has 25 heavy (non-hydrogen) atoms. The van der Waals surface area contributed by atoms with E-state index in [-0.39, 0.29) is 11.8 Å². The average Bonchev–Trinajstić information content (AvgIpc) is 2.99. The maximum atomic E-state index is 12.7. The molecule has 1 aromatic heterocycles. The molecule has 0 spiro atoms. The maximum absolute atomic E-state index is 12.7. The molecule has 3 aliphatic rings. The highest BCUT2D eigenvalue weighted by Gasteiger charge is 2.37. The smallest absolute Gasteiger partial charge is 0.226 e. The molecule has 3 heterocycles. The number of ether oxygens (including phenoxy) is 2. The van der Waals surface area contributed by atoms with Gasteiger partial charge >= 0.3 is 0 Å². The largest absolute Gasteiger partial charge is 0.486 e. The lowest BCUT2D eigenvalue weighted by Gasteiger charge is -2.32. The summed E-state index contributed by atoms with van der Waals surface area (Å²) in [4.78, 5) is 17.2. The van der Waals surface area contributed by atoms with Crippen molar-refractivity contribution in [3.63, 3.8) is 0 Å². The van der Waals surface area contributed by atoms with Crippen LogP contribution in [0.15, 0.2) is 29.5 Å². The number of ketones is 1. The predicted molar refractivity (Wildman–Crippen MR) is 89.8 cm³/mol. The van der Waals surface area contributed by atoms with Gasteiger partial charge in [-0.15, -0.1) is 0 Å². The van der Waals surface area contributed by atoms with Gasteiger partial charge in [0, 0.05) is 17.7 Å². The van der Waals surface area contributed by atoms with Gasteiger partial charge in [0.25, 0.3) is 0 Å².